The fraction of sp³-hybridized carbons (Fsp3) is 0.167. The Balaban J connectivity index is 1.52. The van der Waals surface area contributed by atoms with Gasteiger partial charge in [-0.15, -0.1) is 0 Å². The van der Waals surface area contributed by atoms with Gasteiger partial charge >= 0.3 is 0 Å². The molecule has 0 bridgehead atoms. The van der Waals surface area contributed by atoms with Gasteiger partial charge in [0.25, 0.3) is 5.91 Å². The molecular formula is C24H20F2N4O2. The van der Waals surface area contributed by atoms with E-state index in [2.05, 4.69) is 15.6 Å². The largest absolute Gasteiger partial charge is 0.449 e. The molecule has 1 aliphatic heterocycles. The average Bonchev–Trinajstić information content (AvgIpc) is 3.55. The van der Waals surface area contributed by atoms with Gasteiger partial charge in [0.2, 0.25) is 0 Å². The molecule has 1 fully saturated rings. The van der Waals surface area contributed by atoms with E-state index >= 15 is 0 Å². The number of para-hydroxylation sites is 1. The summed E-state index contributed by atoms with van der Waals surface area (Å²) in [6.07, 6.45) is 2.67. The fourth-order valence-electron chi connectivity index (χ4n) is 3.91. The van der Waals surface area contributed by atoms with Gasteiger partial charge < -0.3 is 19.6 Å². The lowest BCUT2D eigenvalue weighted by Gasteiger charge is -2.14. The van der Waals surface area contributed by atoms with Gasteiger partial charge in [0, 0.05) is 18.2 Å². The van der Waals surface area contributed by atoms with Crippen LogP contribution in [0.1, 0.15) is 23.0 Å². The zero-order valence-electron chi connectivity index (χ0n) is 17.0. The third-order valence-electron chi connectivity index (χ3n) is 5.52. The summed E-state index contributed by atoms with van der Waals surface area (Å²) in [4.78, 5) is 17.2. The second-order valence-electron chi connectivity index (χ2n) is 7.60. The van der Waals surface area contributed by atoms with Gasteiger partial charge in [-0.05, 0) is 61.5 Å². The van der Waals surface area contributed by atoms with Crippen molar-refractivity contribution in [2.24, 2.45) is 0 Å². The van der Waals surface area contributed by atoms with Crippen molar-refractivity contribution in [3.8, 4) is 22.7 Å². The normalized spacial score (nSPS) is 15.8. The third-order valence-corrected chi connectivity index (χ3v) is 5.52. The van der Waals surface area contributed by atoms with Crippen molar-refractivity contribution in [1.29, 1.82) is 0 Å². The van der Waals surface area contributed by atoms with E-state index in [4.69, 9.17) is 4.42 Å². The molecule has 2 N–H and O–H groups in total. The molecule has 32 heavy (non-hydrogen) atoms. The van der Waals surface area contributed by atoms with Crippen molar-refractivity contribution in [1.82, 2.24) is 14.9 Å². The number of nitrogens with one attached hydrogen (secondary N) is 2. The number of anilines is 1. The highest BCUT2D eigenvalue weighted by atomic mass is 19.1. The number of hydrogen-bond acceptors (Lipinski definition) is 4. The first-order chi connectivity index (χ1) is 15.6. The minimum absolute atomic E-state index is 0.0469. The summed E-state index contributed by atoms with van der Waals surface area (Å²) < 4.78 is 35.3. The number of halogens is 2. The summed E-state index contributed by atoms with van der Waals surface area (Å²) in [5.41, 5.74) is 2.15. The topological polar surface area (TPSA) is 72.1 Å². The fourth-order valence-corrected chi connectivity index (χ4v) is 3.91. The number of hydrogen-bond donors (Lipinski definition) is 2. The quantitative estimate of drug-likeness (QED) is 0.470. The Morgan fingerprint density at radius 2 is 1.91 bits per heavy atom. The predicted molar refractivity (Wildman–Crippen MR) is 116 cm³/mol. The molecule has 4 aromatic rings. The molecule has 1 atom stereocenters. The highest BCUT2D eigenvalue weighted by molar-refractivity contribution is 6.02. The summed E-state index contributed by atoms with van der Waals surface area (Å²) in [5.74, 6) is -0.922. The lowest BCUT2D eigenvalue weighted by Crippen LogP contribution is -2.13. The van der Waals surface area contributed by atoms with Gasteiger partial charge in [-0.3, -0.25) is 4.79 Å². The van der Waals surface area contributed by atoms with Crippen molar-refractivity contribution in [2.75, 3.05) is 18.4 Å². The van der Waals surface area contributed by atoms with Crippen LogP contribution in [0.25, 0.3) is 22.7 Å². The molecule has 6 nitrogen and oxygen atoms in total. The minimum atomic E-state index is -0.557. The molecule has 0 saturated carbocycles. The van der Waals surface area contributed by atoms with Crippen molar-refractivity contribution >= 4 is 11.6 Å². The smallest absolute Gasteiger partial charge is 0.291 e. The van der Waals surface area contributed by atoms with E-state index in [1.807, 2.05) is 4.57 Å². The predicted octanol–water partition coefficient (Wildman–Crippen LogP) is 4.88. The lowest BCUT2D eigenvalue weighted by atomic mass is 10.1. The maximum Gasteiger partial charge on any atom is 0.291 e. The molecule has 162 valence electrons. The standard InChI is InChI=1S/C24H20F2N4O2/c25-16-7-5-15(6-8-16)22-23(30(14-28-22)17-11-12-27-13-17)20-9-10-21(32-20)24(31)29-19-4-2-1-3-18(19)26/h1-10,14,17,27H,11-13H2,(H,29,31). The second-order valence-corrected chi connectivity index (χ2v) is 7.60. The van der Waals surface area contributed by atoms with Gasteiger partial charge in [-0.1, -0.05) is 12.1 Å². The van der Waals surface area contributed by atoms with Crippen LogP contribution in [0.2, 0.25) is 0 Å². The number of nitrogens with zero attached hydrogens (tertiary/aromatic N) is 2. The highest BCUT2D eigenvalue weighted by Crippen LogP contribution is 2.35. The first-order valence-corrected chi connectivity index (χ1v) is 10.3. The monoisotopic (exact) mass is 434 g/mol. The molecular weight excluding hydrogens is 414 g/mol. The van der Waals surface area contributed by atoms with Crippen LogP contribution < -0.4 is 10.6 Å². The van der Waals surface area contributed by atoms with E-state index < -0.39 is 11.7 Å². The minimum Gasteiger partial charge on any atom is -0.449 e. The number of aromatic nitrogens is 2. The molecule has 2 aromatic carbocycles. The second kappa shape index (κ2) is 8.39. The Kier molecular flexibility index (Phi) is 5.28. The first kappa shape index (κ1) is 20.1. The van der Waals surface area contributed by atoms with Crippen LogP contribution in [0.5, 0.6) is 0 Å². The van der Waals surface area contributed by atoms with E-state index in [-0.39, 0.29) is 23.3 Å². The first-order valence-electron chi connectivity index (χ1n) is 10.3. The van der Waals surface area contributed by atoms with Crippen molar-refractivity contribution in [3.63, 3.8) is 0 Å². The van der Waals surface area contributed by atoms with Crippen molar-refractivity contribution in [2.45, 2.75) is 12.5 Å². The Morgan fingerprint density at radius 1 is 1.09 bits per heavy atom. The lowest BCUT2D eigenvalue weighted by molar-refractivity contribution is 0.0997. The van der Waals surface area contributed by atoms with Gasteiger partial charge in [0.1, 0.15) is 17.3 Å². The van der Waals surface area contributed by atoms with Crippen LogP contribution in [-0.4, -0.2) is 28.5 Å². The zero-order chi connectivity index (χ0) is 22.1. The molecule has 1 amide bonds. The van der Waals surface area contributed by atoms with Crippen LogP contribution in [0.3, 0.4) is 0 Å². The van der Waals surface area contributed by atoms with Crippen LogP contribution in [0.15, 0.2) is 71.4 Å². The summed E-state index contributed by atoms with van der Waals surface area (Å²) in [6.45, 7) is 1.68. The van der Waals surface area contributed by atoms with Crippen molar-refractivity contribution in [3.05, 3.63) is 84.4 Å². The average molecular weight is 434 g/mol. The molecule has 8 heteroatoms. The van der Waals surface area contributed by atoms with E-state index in [1.165, 1.54) is 24.3 Å². The summed E-state index contributed by atoms with van der Waals surface area (Å²) in [7, 11) is 0. The summed E-state index contributed by atoms with van der Waals surface area (Å²) in [5, 5.41) is 5.86. The summed E-state index contributed by atoms with van der Waals surface area (Å²) in [6, 6.07) is 15.4. The Morgan fingerprint density at radius 3 is 2.66 bits per heavy atom. The van der Waals surface area contributed by atoms with Gasteiger partial charge in [-0.25, -0.2) is 13.8 Å². The summed E-state index contributed by atoms with van der Waals surface area (Å²) >= 11 is 0. The maximum atomic E-state index is 13.9. The van der Waals surface area contributed by atoms with E-state index in [0.717, 1.165) is 25.1 Å². The molecule has 2 aromatic heterocycles. The number of rotatable bonds is 5. The van der Waals surface area contributed by atoms with Crippen LogP contribution in [-0.2, 0) is 0 Å². The number of imidazole rings is 1. The number of amides is 1. The molecule has 0 radical (unpaired) electrons. The molecule has 5 rings (SSSR count). The maximum absolute atomic E-state index is 13.9. The zero-order valence-corrected chi connectivity index (χ0v) is 17.0. The molecule has 1 saturated heterocycles. The van der Waals surface area contributed by atoms with E-state index in [0.29, 0.717) is 17.1 Å². The Hall–Kier alpha value is -3.78. The van der Waals surface area contributed by atoms with Crippen molar-refractivity contribution < 1.29 is 18.0 Å². The van der Waals surface area contributed by atoms with E-state index in [9.17, 15) is 13.6 Å². The molecule has 0 aliphatic carbocycles. The van der Waals surface area contributed by atoms with Gasteiger partial charge in [0.05, 0.1) is 17.7 Å². The molecule has 1 unspecified atom stereocenters. The van der Waals surface area contributed by atoms with Gasteiger partial charge in [-0.2, -0.15) is 0 Å². The number of furan rings is 1. The molecule has 0 spiro atoms. The van der Waals surface area contributed by atoms with E-state index in [1.54, 1.807) is 42.7 Å². The molecule has 3 heterocycles. The Bertz CT molecular complexity index is 1260. The number of benzene rings is 2. The third kappa shape index (κ3) is 3.80. The number of carbonyl (C=O) groups excluding carboxylic acids is 1. The number of carbonyl (C=O) groups is 1. The van der Waals surface area contributed by atoms with Crippen LogP contribution in [0.4, 0.5) is 14.5 Å². The molecule has 1 aliphatic rings. The van der Waals surface area contributed by atoms with Gasteiger partial charge in [0.15, 0.2) is 11.5 Å². The van der Waals surface area contributed by atoms with Crippen LogP contribution in [0, 0.1) is 11.6 Å². The van der Waals surface area contributed by atoms with Crippen LogP contribution >= 0.6 is 0 Å². The highest BCUT2D eigenvalue weighted by Gasteiger charge is 2.26. The SMILES string of the molecule is O=C(Nc1ccccc1F)c1ccc(-c2c(-c3ccc(F)cc3)ncn2C2CCNC2)o1. The Labute approximate surface area is 182 Å².